The van der Waals surface area contributed by atoms with Gasteiger partial charge in [0, 0.05) is 25.7 Å². The highest BCUT2D eigenvalue weighted by Gasteiger charge is 2.31. The molecule has 0 aliphatic rings. The monoisotopic (exact) mass is 459 g/mol. The smallest absolute Gasteiger partial charge is 0.222 e. The van der Waals surface area contributed by atoms with Gasteiger partial charge < -0.3 is 42.2 Å². The Morgan fingerprint density at radius 2 is 1.50 bits per heavy atom. The Morgan fingerprint density at radius 1 is 0.906 bits per heavy atom. The van der Waals surface area contributed by atoms with Crippen molar-refractivity contribution in [3.05, 3.63) is 0 Å². The second-order valence-corrected chi connectivity index (χ2v) is 8.23. The normalized spacial score (nSPS) is 15.8. The number of amides is 1. The van der Waals surface area contributed by atoms with E-state index in [1.54, 1.807) is 0 Å². The fraction of sp³-hybridized carbons (Fsp3) is 0.864. The number of unbranched alkanes of at least 4 members (excludes halogenated alkanes) is 3. The summed E-state index contributed by atoms with van der Waals surface area (Å²) in [5.74, 6) is 0.0867. The van der Waals surface area contributed by atoms with E-state index in [-0.39, 0.29) is 12.8 Å². The van der Waals surface area contributed by atoms with Crippen molar-refractivity contribution < 1.29 is 25.2 Å². The Morgan fingerprint density at radius 3 is 2.12 bits per heavy atom. The fourth-order valence-corrected chi connectivity index (χ4v) is 3.24. The third-order valence-electron chi connectivity index (χ3n) is 5.35. The van der Waals surface area contributed by atoms with Crippen LogP contribution < -0.4 is 16.4 Å². The molecule has 9 N–H and O–H groups in total. The van der Waals surface area contributed by atoms with E-state index in [1.165, 1.54) is 7.05 Å². The number of aliphatic hydroxyl groups is 4. The van der Waals surface area contributed by atoms with Gasteiger partial charge in [0.2, 0.25) is 5.91 Å². The largest absolute Gasteiger partial charge is 0.390 e. The molecule has 0 aromatic rings. The molecule has 0 fully saturated rings. The van der Waals surface area contributed by atoms with Gasteiger partial charge in [-0.05, 0) is 58.5 Å². The zero-order valence-electron chi connectivity index (χ0n) is 19.7. The van der Waals surface area contributed by atoms with Crippen LogP contribution in [0.15, 0.2) is 4.99 Å². The predicted molar refractivity (Wildman–Crippen MR) is 127 cm³/mol. The molecular formula is C22H45N5O5. The lowest BCUT2D eigenvalue weighted by Crippen LogP contribution is -2.45. The molecule has 10 nitrogen and oxygen atoms in total. The third-order valence-corrected chi connectivity index (χ3v) is 5.35. The van der Waals surface area contributed by atoms with Gasteiger partial charge in [0.1, 0.15) is 12.2 Å². The highest BCUT2D eigenvalue weighted by atomic mass is 16.4. The van der Waals surface area contributed by atoms with Crippen molar-refractivity contribution >= 4 is 17.5 Å². The van der Waals surface area contributed by atoms with E-state index in [9.17, 15) is 25.2 Å². The number of hydrogen-bond acceptors (Lipinski definition) is 8. The van der Waals surface area contributed by atoms with Crippen LogP contribution in [0.3, 0.4) is 0 Å². The Kier molecular flexibility index (Phi) is 18.0. The first-order chi connectivity index (χ1) is 15.2. The maximum Gasteiger partial charge on any atom is 0.222 e. The van der Waals surface area contributed by atoms with Gasteiger partial charge in [-0.1, -0.05) is 12.8 Å². The molecule has 188 valence electrons. The number of aliphatic imine (C=N–C) groups is 1. The van der Waals surface area contributed by atoms with E-state index in [1.807, 2.05) is 7.05 Å². The van der Waals surface area contributed by atoms with Gasteiger partial charge in [0.15, 0.2) is 0 Å². The molecule has 0 spiro atoms. The highest BCUT2D eigenvalue weighted by molar-refractivity contribution is 5.81. The van der Waals surface area contributed by atoms with Crippen LogP contribution in [0.1, 0.15) is 70.6 Å². The zero-order valence-corrected chi connectivity index (χ0v) is 19.7. The van der Waals surface area contributed by atoms with Crippen LogP contribution in [0.25, 0.3) is 0 Å². The topological polar surface area (TPSA) is 184 Å². The Balaban J connectivity index is 3.90. The summed E-state index contributed by atoms with van der Waals surface area (Å²) in [5.41, 5.74) is 6.74. The van der Waals surface area contributed by atoms with Gasteiger partial charge in [0.25, 0.3) is 0 Å². The van der Waals surface area contributed by atoms with Crippen LogP contribution in [0.2, 0.25) is 0 Å². The molecule has 0 aromatic carbocycles. The van der Waals surface area contributed by atoms with E-state index in [0.29, 0.717) is 25.2 Å². The van der Waals surface area contributed by atoms with Gasteiger partial charge in [-0.15, -0.1) is 0 Å². The number of carbonyl (C=O) groups is 1. The minimum absolute atomic E-state index is 0.183. The SMILES string of the molecule is CNCCCC(=N)CCCCCCC(N)=NCCC[C@@H](O)[C@H](O)[C@H](O)[C@@H](O)CC(=O)NC. The molecule has 0 saturated carbocycles. The molecule has 0 radical (unpaired) electrons. The van der Waals surface area contributed by atoms with Crippen LogP contribution >= 0.6 is 0 Å². The average molecular weight is 460 g/mol. The quantitative estimate of drug-likeness (QED) is 0.0718. The van der Waals surface area contributed by atoms with Crippen molar-refractivity contribution in [3.8, 4) is 0 Å². The lowest BCUT2D eigenvalue weighted by molar-refractivity contribution is -0.131. The standard InChI is InChI=1S/C22H45N5O5/c1-25-13-7-10-16(23)9-5-3-4-6-12-19(24)27-14-8-11-17(28)21(31)22(32)18(29)15-20(30)26-2/h17-18,21-23,25,28-29,31-32H,3-15H2,1-2H3,(H2,24,27)(H,26,30)/t17-,18+,21+,22-/m1/s1. The molecule has 0 aliphatic carbocycles. The lowest BCUT2D eigenvalue weighted by Gasteiger charge is -2.26. The first-order valence-corrected chi connectivity index (χ1v) is 11.6. The van der Waals surface area contributed by atoms with Crippen molar-refractivity contribution in [1.29, 1.82) is 5.41 Å². The number of hydrogen-bond donors (Lipinski definition) is 8. The van der Waals surface area contributed by atoms with Crippen molar-refractivity contribution in [3.63, 3.8) is 0 Å². The first-order valence-electron chi connectivity index (χ1n) is 11.6. The number of nitrogens with zero attached hydrogens (tertiary/aromatic N) is 1. The number of nitrogens with two attached hydrogens (primary N) is 1. The number of amidine groups is 1. The van der Waals surface area contributed by atoms with Crippen LogP contribution in [0.5, 0.6) is 0 Å². The highest BCUT2D eigenvalue weighted by Crippen LogP contribution is 2.12. The molecule has 10 heteroatoms. The molecule has 0 heterocycles. The van der Waals surface area contributed by atoms with Crippen molar-refractivity contribution in [1.82, 2.24) is 10.6 Å². The third kappa shape index (κ3) is 15.3. The van der Waals surface area contributed by atoms with Gasteiger partial charge >= 0.3 is 0 Å². The molecule has 0 unspecified atom stereocenters. The van der Waals surface area contributed by atoms with E-state index >= 15 is 0 Å². The molecule has 0 bridgehead atoms. The molecule has 32 heavy (non-hydrogen) atoms. The summed E-state index contributed by atoms with van der Waals surface area (Å²) in [5, 5.41) is 52.9. The number of rotatable bonds is 20. The number of aliphatic hydroxyl groups excluding tert-OH is 4. The minimum atomic E-state index is -1.62. The summed E-state index contributed by atoms with van der Waals surface area (Å²) in [6.45, 7) is 1.35. The van der Waals surface area contributed by atoms with Crippen LogP contribution in [-0.4, -0.2) is 89.5 Å². The summed E-state index contributed by atoms with van der Waals surface area (Å²) in [7, 11) is 3.32. The van der Waals surface area contributed by atoms with Gasteiger partial charge in [-0.2, -0.15) is 0 Å². The Bertz CT molecular complexity index is 547. The zero-order chi connectivity index (χ0) is 24.4. The van der Waals surface area contributed by atoms with Gasteiger partial charge in [0.05, 0.1) is 24.5 Å². The average Bonchev–Trinajstić information content (AvgIpc) is 2.77. The molecule has 0 aliphatic heterocycles. The summed E-state index contributed by atoms with van der Waals surface area (Å²) in [6.07, 6.45) is 1.94. The molecule has 0 saturated heterocycles. The number of nitrogens with one attached hydrogen (secondary N) is 3. The molecule has 0 rings (SSSR count). The molecule has 0 aromatic heterocycles. The van der Waals surface area contributed by atoms with Crippen molar-refractivity contribution in [2.75, 3.05) is 27.2 Å². The van der Waals surface area contributed by atoms with Gasteiger partial charge in [-0.3, -0.25) is 9.79 Å². The molecular weight excluding hydrogens is 414 g/mol. The van der Waals surface area contributed by atoms with E-state index in [4.69, 9.17) is 11.1 Å². The second-order valence-electron chi connectivity index (χ2n) is 8.23. The van der Waals surface area contributed by atoms with Crippen molar-refractivity contribution in [2.24, 2.45) is 10.7 Å². The first kappa shape index (κ1) is 30.4. The van der Waals surface area contributed by atoms with E-state index < -0.39 is 30.3 Å². The van der Waals surface area contributed by atoms with E-state index in [0.717, 1.165) is 57.2 Å². The maximum atomic E-state index is 11.2. The van der Waals surface area contributed by atoms with Crippen LogP contribution in [0.4, 0.5) is 0 Å². The van der Waals surface area contributed by atoms with Crippen LogP contribution in [-0.2, 0) is 4.79 Å². The number of carbonyl (C=O) groups excluding carboxylic acids is 1. The predicted octanol–water partition coefficient (Wildman–Crippen LogP) is 0.0635. The summed E-state index contributed by atoms with van der Waals surface area (Å²) in [4.78, 5) is 15.5. The van der Waals surface area contributed by atoms with Crippen LogP contribution in [0, 0.1) is 5.41 Å². The molecule has 1 amide bonds. The molecule has 4 atom stereocenters. The fourth-order valence-electron chi connectivity index (χ4n) is 3.24. The lowest BCUT2D eigenvalue weighted by atomic mass is 9.98. The van der Waals surface area contributed by atoms with Crippen molar-refractivity contribution in [2.45, 2.75) is 95.0 Å². The summed E-state index contributed by atoms with van der Waals surface area (Å²) >= 11 is 0. The summed E-state index contributed by atoms with van der Waals surface area (Å²) < 4.78 is 0. The Hall–Kier alpha value is -1.59. The second kappa shape index (κ2) is 18.9. The summed E-state index contributed by atoms with van der Waals surface area (Å²) in [6, 6.07) is 0. The van der Waals surface area contributed by atoms with Gasteiger partial charge in [-0.25, -0.2) is 0 Å². The van der Waals surface area contributed by atoms with E-state index in [2.05, 4.69) is 15.6 Å². The Labute approximate surface area is 192 Å². The maximum absolute atomic E-state index is 11.2. The minimum Gasteiger partial charge on any atom is -0.390 e.